The van der Waals surface area contributed by atoms with Crippen LogP contribution in [0.5, 0.6) is 0 Å². The molecule has 3 N–H and O–H groups in total. The average Bonchev–Trinajstić information content (AvgIpc) is 2.34. The third-order valence-electron chi connectivity index (χ3n) is 2.71. The molecule has 2 amide bonds. The summed E-state index contributed by atoms with van der Waals surface area (Å²) in [5.74, 6) is -0.415. The Morgan fingerprint density at radius 1 is 1.28 bits per heavy atom. The van der Waals surface area contributed by atoms with Crippen molar-refractivity contribution in [3.8, 4) is 0 Å². The number of hydrogen-bond acceptors (Lipinski definition) is 3. The first-order chi connectivity index (χ1) is 8.56. The summed E-state index contributed by atoms with van der Waals surface area (Å²) in [4.78, 5) is 22.9. The summed E-state index contributed by atoms with van der Waals surface area (Å²) in [5.41, 5.74) is 8.19. The van der Waals surface area contributed by atoms with Crippen LogP contribution < -0.4 is 16.2 Å². The molecule has 18 heavy (non-hydrogen) atoms. The van der Waals surface area contributed by atoms with Crippen LogP contribution in [0.2, 0.25) is 0 Å². The molecule has 0 aliphatic carbocycles. The van der Waals surface area contributed by atoms with Gasteiger partial charge in [0.25, 0.3) is 5.91 Å². The Bertz CT molecular complexity index is 535. The zero-order valence-corrected chi connectivity index (χ0v) is 10.3. The quantitative estimate of drug-likeness (QED) is 0.732. The SMILES string of the molecule is Cc1ccc(C)c(NC(=O)C2=CCC(=O)NN2)c1. The summed E-state index contributed by atoms with van der Waals surface area (Å²) in [7, 11) is 0. The Balaban J connectivity index is 2.12. The number of rotatable bonds is 2. The van der Waals surface area contributed by atoms with E-state index in [4.69, 9.17) is 0 Å². The Labute approximate surface area is 105 Å². The summed E-state index contributed by atoms with van der Waals surface area (Å²) in [5, 5.41) is 2.81. The van der Waals surface area contributed by atoms with Gasteiger partial charge in [-0.3, -0.25) is 20.4 Å². The first kappa shape index (κ1) is 12.2. The van der Waals surface area contributed by atoms with E-state index in [0.717, 1.165) is 16.8 Å². The minimum absolute atomic E-state index is 0.154. The molecule has 0 fully saturated rings. The van der Waals surface area contributed by atoms with Crippen molar-refractivity contribution < 1.29 is 9.59 Å². The van der Waals surface area contributed by atoms with E-state index >= 15 is 0 Å². The molecule has 1 aromatic rings. The number of amides is 2. The fourth-order valence-electron chi connectivity index (χ4n) is 1.64. The molecule has 1 heterocycles. The number of benzene rings is 1. The fourth-order valence-corrected chi connectivity index (χ4v) is 1.64. The van der Waals surface area contributed by atoms with Crippen molar-refractivity contribution in [2.75, 3.05) is 5.32 Å². The highest BCUT2D eigenvalue weighted by Crippen LogP contribution is 2.17. The molecule has 0 spiro atoms. The highest BCUT2D eigenvalue weighted by Gasteiger charge is 2.15. The molecule has 0 aromatic heterocycles. The van der Waals surface area contributed by atoms with Gasteiger partial charge in [0.15, 0.2) is 0 Å². The Kier molecular flexibility index (Phi) is 3.32. The molecule has 1 aliphatic rings. The fraction of sp³-hybridized carbons (Fsp3) is 0.231. The minimum Gasteiger partial charge on any atom is -0.320 e. The maximum atomic E-state index is 11.9. The maximum absolute atomic E-state index is 11.9. The molecule has 0 radical (unpaired) electrons. The highest BCUT2D eigenvalue weighted by molar-refractivity contribution is 6.04. The second-order valence-electron chi connectivity index (χ2n) is 4.27. The van der Waals surface area contributed by atoms with E-state index in [1.807, 2.05) is 32.0 Å². The second-order valence-corrected chi connectivity index (χ2v) is 4.27. The number of aryl methyl sites for hydroxylation is 2. The van der Waals surface area contributed by atoms with Gasteiger partial charge in [0.05, 0.1) is 0 Å². The van der Waals surface area contributed by atoms with E-state index in [1.54, 1.807) is 6.08 Å². The number of anilines is 1. The standard InChI is InChI=1S/C13H15N3O2/c1-8-3-4-9(2)11(7-8)14-13(18)10-5-6-12(17)16-15-10/h3-5,7,15H,6H2,1-2H3,(H,14,18)(H,16,17). The van der Waals surface area contributed by atoms with Gasteiger partial charge in [0.1, 0.15) is 5.70 Å². The van der Waals surface area contributed by atoms with Gasteiger partial charge in [-0.25, -0.2) is 0 Å². The molecule has 1 aliphatic heterocycles. The lowest BCUT2D eigenvalue weighted by Crippen LogP contribution is -2.43. The van der Waals surface area contributed by atoms with Gasteiger partial charge in [-0.1, -0.05) is 12.1 Å². The summed E-state index contributed by atoms with van der Waals surface area (Å²) < 4.78 is 0. The van der Waals surface area contributed by atoms with Crippen LogP contribution in [0.4, 0.5) is 5.69 Å². The minimum atomic E-state index is -0.260. The summed E-state index contributed by atoms with van der Waals surface area (Å²) >= 11 is 0. The van der Waals surface area contributed by atoms with Crippen LogP contribution in [0.15, 0.2) is 30.0 Å². The third kappa shape index (κ3) is 2.68. The van der Waals surface area contributed by atoms with Gasteiger partial charge in [0, 0.05) is 12.1 Å². The van der Waals surface area contributed by atoms with Crippen molar-refractivity contribution in [3.05, 3.63) is 41.1 Å². The average molecular weight is 245 g/mol. The van der Waals surface area contributed by atoms with Crippen LogP contribution in [0.3, 0.4) is 0 Å². The predicted molar refractivity (Wildman–Crippen MR) is 68.5 cm³/mol. The van der Waals surface area contributed by atoms with E-state index in [2.05, 4.69) is 16.2 Å². The predicted octanol–water partition coefficient (Wildman–Crippen LogP) is 1.15. The van der Waals surface area contributed by atoms with Crippen molar-refractivity contribution in [1.82, 2.24) is 10.9 Å². The molecule has 5 nitrogen and oxygen atoms in total. The number of nitrogens with one attached hydrogen (secondary N) is 3. The van der Waals surface area contributed by atoms with Gasteiger partial charge in [-0.15, -0.1) is 0 Å². The lowest BCUT2D eigenvalue weighted by atomic mass is 10.1. The van der Waals surface area contributed by atoms with Gasteiger partial charge < -0.3 is 5.32 Å². The molecular formula is C13H15N3O2. The maximum Gasteiger partial charge on any atom is 0.273 e. The van der Waals surface area contributed by atoms with Crippen LogP contribution in [0, 0.1) is 13.8 Å². The molecule has 0 atom stereocenters. The lowest BCUT2D eigenvalue weighted by molar-refractivity contribution is -0.121. The smallest absolute Gasteiger partial charge is 0.273 e. The topological polar surface area (TPSA) is 70.2 Å². The van der Waals surface area contributed by atoms with Gasteiger partial charge in [-0.05, 0) is 37.1 Å². The van der Waals surface area contributed by atoms with Gasteiger partial charge >= 0.3 is 0 Å². The van der Waals surface area contributed by atoms with Crippen LogP contribution in [0.25, 0.3) is 0 Å². The monoisotopic (exact) mass is 245 g/mol. The summed E-state index contributed by atoms with van der Waals surface area (Å²) in [6, 6.07) is 5.86. The molecule has 0 unspecified atom stereocenters. The van der Waals surface area contributed by atoms with Crippen LogP contribution in [-0.4, -0.2) is 11.8 Å². The van der Waals surface area contributed by atoms with Crippen LogP contribution in [-0.2, 0) is 9.59 Å². The van der Waals surface area contributed by atoms with Crippen LogP contribution >= 0.6 is 0 Å². The molecule has 1 aromatic carbocycles. The molecule has 2 rings (SSSR count). The summed E-state index contributed by atoms with van der Waals surface area (Å²) in [6.07, 6.45) is 1.78. The molecule has 0 saturated heterocycles. The number of carbonyl (C=O) groups excluding carboxylic acids is 2. The van der Waals surface area contributed by atoms with E-state index in [1.165, 1.54) is 0 Å². The third-order valence-corrected chi connectivity index (χ3v) is 2.71. The van der Waals surface area contributed by atoms with Crippen molar-refractivity contribution in [2.45, 2.75) is 20.3 Å². The first-order valence-electron chi connectivity index (χ1n) is 5.70. The van der Waals surface area contributed by atoms with E-state index < -0.39 is 0 Å². The van der Waals surface area contributed by atoms with E-state index in [-0.39, 0.29) is 18.2 Å². The highest BCUT2D eigenvalue weighted by atomic mass is 16.2. The van der Waals surface area contributed by atoms with E-state index in [9.17, 15) is 9.59 Å². The Morgan fingerprint density at radius 2 is 2.06 bits per heavy atom. The Morgan fingerprint density at radius 3 is 2.72 bits per heavy atom. The largest absolute Gasteiger partial charge is 0.320 e. The summed E-state index contributed by atoms with van der Waals surface area (Å²) in [6.45, 7) is 3.90. The zero-order valence-electron chi connectivity index (χ0n) is 10.3. The molecular weight excluding hydrogens is 230 g/mol. The normalized spacial score (nSPS) is 14.3. The first-order valence-corrected chi connectivity index (χ1v) is 5.70. The van der Waals surface area contributed by atoms with E-state index in [0.29, 0.717) is 5.70 Å². The molecule has 94 valence electrons. The van der Waals surface area contributed by atoms with Crippen LogP contribution in [0.1, 0.15) is 17.5 Å². The molecule has 0 saturated carbocycles. The number of hydrogen-bond donors (Lipinski definition) is 3. The van der Waals surface area contributed by atoms with Gasteiger partial charge in [-0.2, -0.15) is 0 Å². The van der Waals surface area contributed by atoms with Crippen molar-refractivity contribution in [2.24, 2.45) is 0 Å². The molecule has 5 heteroatoms. The van der Waals surface area contributed by atoms with Crippen molar-refractivity contribution >= 4 is 17.5 Å². The molecule has 0 bridgehead atoms. The zero-order chi connectivity index (χ0) is 13.1. The van der Waals surface area contributed by atoms with Gasteiger partial charge in [0.2, 0.25) is 5.91 Å². The second kappa shape index (κ2) is 4.91. The lowest BCUT2D eigenvalue weighted by Gasteiger charge is -2.17. The number of hydrazine groups is 1. The number of carbonyl (C=O) groups is 2. The van der Waals surface area contributed by atoms with Crippen molar-refractivity contribution in [1.29, 1.82) is 0 Å². The van der Waals surface area contributed by atoms with Crippen molar-refractivity contribution in [3.63, 3.8) is 0 Å². The Hall–Kier alpha value is -2.30.